The van der Waals surface area contributed by atoms with Gasteiger partial charge in [-0.05, 0) is 91.8 Å². The minimum absolute atomic E-state index is 0. The van der Waals surface area contributed by atoms with Crippen molar-refractivity contribution in [1.82, 2.24) is 76.1 Å². The average Bonchev–Trinajstić information content (AvgIpc) is 4.21. The number of piperazine rings is 2. The molecule has 0 bridgehead atoms. The first-order valence-electron chi connectivity index (χ1n) is 25.4. The number of aromatic nitrogens is 13. The van der Waals surface area contributed by atoms with E-state index < -0.39 is 11.7 Å². The molecule has 9 aromatic rings. The van der Waals surface area contributed by atoms with Gasteiger partial charge in [0.1, 0.15) is 28.8 Å². The zero-order chi connectivity index (χ0) is 52.9. The van der Waals surface area contributed by atoms with Crippen LogP contribution in [0, 0.1) is 18.8 Å². The van der Waals surface area contributed by atoms with Crippen LogP contribution in [0.5, 0.6) is 0 Å². The molecular formula is C52H63ClF3N19O. The lowest BCUT2D eigenvalue weighted by molar-refractivity contribution is -0.137. The number of aliphatic hydroxyl groups is 1. The molecule has 76 heavy (non-hydrogen) atoms. The maximum atomic E-state index is 13.4. The van der Waals surface area contributed by atoms with E-state index in [2.05, 4.69) is 89.8 Å². The van der Waals surface area contributed by atoms with E-state index >= 15 is 0 Å². The standard InChI is InChI=1S/C20H27N7O.C16H17ClN6.C16H15F3N6.2H2/c1-12(2)8-13-10-27(7-5-16(13)21)17-9-14(11-28)23-20(24-17)18-15-4-3-6-22-19(15)26-25-18;1-10-9-12(23-7-5-18-6-8-23)20-15(13(10)17)14-11-3-2-4-19-16(11)22-21-14;17-16(18,19)10-8-12(14-11-2-1-3-21-15(11)24-23-14)22-13(9-10)25-6-4-20-5-7-25;;/h3-4,6,9,12-13,16,28H,5,7-8,10-11,21H2,1-2H3,(H,22,25,26);2-4,9,18H,5-8H2,1H3,(H,19,21,22);1-3,8-9,20H,4-7H2,(H,21,23,24);2*1H. The van der Waals surface area contributed by atoms with Crippen LogP contribution in [0.15, 0.2) is 79.3 Å². The second kappa shape index (κ2) is 22.8. The third-order valence-electron chi connectivity index (χ3n) is 13.7. The highest BCUT2D eigenvalue weighted by Crippen LogP contribution is 2.37. The molecular weight excluding hydrogens is 999 g/mol. The molecule has 3 fully saturated rings. The number of halogens is 4. The largest absolute Gasteiger partial charge is 0.416 e. The van der Waals surface area contributed by atoms with Gasteiger partial charge in [0, 0.05) is 115 Å². The Bertz CT molecular complexity index is 3440. The fourth-order valence-corrected chi connectivity index (χ4v) is 9.96. The number of alkyl halides is 3. The number of hydrogen-bond donors (Lipinski definition) is 7. The Labute approximate surface area is 443 Å². The molecule has 400 valence electrons. The smallest absolute Gasteiger partial charge is 0.390 e. The summed E-state index contributed by atoms with van der Waals surface area (Å²) < 4.78 is 40.1. The molecule has 2 atom stereocenters. The summed E-state index contributed by atoms with van der Waals surface area (Å²) in [6, 6.07) is 17.4. The van der Waals surface area contributed by atoms with Crippen molar-refractivity contribution < 1.29 is 21.1 Å². The SMILES string of the molecule is CC(C)CC1CN(c2cc(CO)nc(-c3[nH]nc4ncccc34)n2)CCC1N.Cc1cc(N2CCNCC2)nc(-c2[nH]nc3ncccc23)c1Cl.FC(F)(F)c1cc(-c2[nH]nc3ncccc23)nc(N2CCNCC2)c1.[HH].[HH]. The Morgan fingerprint density at radius 1 is 0.697 bits per heavy atom. The topological polar surface area (TPSA) is 256 Å². The first-order valence-corrected chi connectivity index (χ1v) is 25.7. The number of piperidine rings is 1. The van der Waals surface area contributed by atoms with Crippen molar-refractivity contribution in [2.24, 2.45) is 17.6 Å². The predicted molar refractivity (Wildman–Crippen MR) is 292 cm³/mol. The number of hydrogen-bond acceptors (Lipinski definition) is 17. The van der Waals surface area contributed by atoms with Crippen molar-refractivity contribution in [2.75, 3.05) is 80.1 Å². The van der Waals surface area contributed by atoms with Gasteiger partial charge in [0.05, 0.1) is 40.0 Å². The maximum Gasteiger partial charge on any atom is 0.416 e. The van der Waals surface area contributed by atoms with Crippen LogP contribution in [-0.4, -0.2) is 142 Å². The Balaban J connectivity index is 0.000000153. The van der Waals surface area contributed by atoms with Crippen LogP contribution in [0.1, 0.15) is 46.4 Å². The zero-order valence-electron chi connectivity index (χ0n) is 42.3. The first-order chi connectivity index (χ1) is 36.8. The number of nitrogens with one attached hydrogen (secondary N) is 5. The lowest BCUT2D eigenvalue weighted by Crippen LogP contribution is -2.48. The Kier molecular flexibility index (Phi) is 15.6. The van der Waals surface area contributed by atoms with E-state index in [-0.39, 0.29) is 21.2 Å². The van der Waals surface area contributed by atoms with Crippen molar-refractivity contribution in [3.8, 4) is 34.3 Å². The van der Waals surface area contributed by atoms with Crippen LogP contribution in [0.25, 0.3) is 67.4 Å². The molecule has 0 amide bonds. The molecule has 12 heterocycles. The molecule has 9 aromatic heterocycles. The molecule has 0 aliphatic carbocycles. The number of anilines is 3. The highest BCUT2D eigenvalue weighted by molar-refractivity contribution is 6.34. The minimum Gasteiger partial charge on any atom is -0.390 e. The summed E-state index contributed by atoms with van der Waals surface area (Å²) in [6.45, 7) is 14.5. The Hall–Kier alpha value is -7.44. The van der Waals surface area contributed by atoms with Crippen molar-refractivity contribution in [2.45, 2.75) is 52.4 Å². The van der Waals surface area contributed by atoms with E-state index in [4.69, 9.17) is 27.3 Å². The maximum absolute atomic E-state index is 13.4. The molecule has 3 aliphatic heterocycles. The number of H-pyrrole nitrogens is 3. The lowest BCUT2D eigenvalue weighted by atomic mass is 9.86. The summed E-state index contributed by atoms with van der Waals surface area (Å²) in [5.41, 5.74) is 11.9. The summed E-state index contributed by atoms with van der Waals surface area (Å²) in [6.07, 6.45) is 2.59. The molecule has 0 radical (unpaired) electrons. The van der Waals surface area contributed by atoms with E-state index in [9.17, 15) is 18.3 Å². The molecule has 24 heteroatoms. The summed E-state index contributed by atoms with van der Waals surface area (Å²) >= 11 is 6.53. The number of aliphatic hydroxyl groups excluding tert-OH is 1. The van der Waals surface area contributed by atoms with Crippen molar-refractivity contribution in [3.05, 3.63) is 101 Å². The third-order valence-corrected chi connectivity index (χ3v) is 14.1. The van der Waals surface area contributed by atoms with Crippen LogP contribution in [-0.2, 0) is 12.8 Å². The third kappa shape index (κ3) is 11.5. The first kappa shape index (κ1) is 52.0. The quantitative estimate of drug-likeness (QED) is 0.0741. The molecule has 8 N–H and O–H groups in total. The number of rotatable bonds is 9. The highest BCUT2D eigenvalue weighted by atomic mass is 35.5. The van der Waals surface area contributed by atoms with Crippen LogP contribution >= 0.6 is 11.6 Å². The lowest BCUT2D eigenvalue weighted by Gasteiger charge is -2.38. The fourth-order valence-electron chi connectivity index (χ4n) is 9.77. The van der Waals surface area contributed by atoms with Gasteiger partial charge in [-0.1, -0.05) is 25.4 Å². The number of pyridine rings is 5. The minimum atomic E-state index is -4.45. The fraction of sp³-hybridized carbons (Fsp3) is 0.385. The summed E-state index contributed by atoms with van der Waals surface area (Å²) in [5.74, 6) is 3.65. The van der Waals surface area contributed by atoms with Crippen LogP contribution < -0.4 is 31.1 Å². The van der Waals surface area contributed by atoms with Crippen LogP contribution in [0.2, 0.25) is 5.02 Å². The van der Waals surface area contributed by atoms with E-state index in [0.717, 1.165) is 104 Å². The number of aryl methyl sites for hydroxylation is 1. The molecule has 2 unspecified atom stereocenters. The number of fused-ring (bicyclic) bond motifs is 3. The normalized spacial score (nSPS) is 17.3. The van der Waals surface area contributed by atoms with E-state index in [1.807, 2.05) is 48.2 Å². The zero-order valence-corrected chi connectivity index (χ0v) is 43.0. The second-order valence-electron chi connectivity index (χ2n) is 19.4. The second-order valence-corrected chi connectivity index (χ2v) is 19.8. The average molecular weight is 1060 g/mol. The van der Waals surface area contributed by atoms with Crippen LogP contribution in [0.4, 0.5) is 30.6 Å². The molecule has 20 nitrogen and oxygen atoms in total. The van der Waals surface area contributed by atoms with Crippen molar-refractivity contribution >= 4 is 62.2 Å². The van der Waals surface area contributed by atoms with Gasteiger partial charge in [-0.3, -0.25) is 15.3 Å². The van der Waals surface area contributed by atoms with Crippen molar-refractivity contribution in [1.29, 1.82) is 0 Å². The molecule has 0 aromatic carbocycles. The van der Waals surface area contributed by atoms with Gasteiger partial charge in [0.25, 0.3) is 0 Å². The van der Waals surface area contributed by atoms with Crippen LogP contribution in [0.3, 0.4) is 0 Å². The molecule has 12 rings (SSSR count). The van der Waals surface area contributed by atoms with Crippen molar-refractivity contribution in [3.63, 3.8) is 0 Å². The molecule has 0 saturated carbocycles. The highest BCUT2D eigenvalue weighted by Gasteiger charge is 2.33. The van der Waals surface area contributed by atoms with Gasteiger partial charge in [-0.25, -0.2) is 34.9 Å². The van der Waals surface area contributed by atoms with Gasteiger partial charge in [0.15, 0.2) is 22.8 Å². The van der Waals surface area contributed by atoms with Gasteiger partial charge < -0.3 is 36.2 Å². The van der Waals surface area contributed by atoms with Gasteiger partial charge in [-0.2, -0.15) is 28.5 Å². The van der Waals surface area contributed by atoms with E-state index in [1.54, 1.807) is 30.7 Å². The van der Waals surface area contributed by atoms with Gasteiger partial charge >= 0.3 is 6.18 Å². The molecule has 3 aliphatic rings. The summed E-state index contributed by atoms with van der Waals surface area (Å²) in [7, 11) is 0. The number of aromatic amines is 3. The Morgan fingerprint density at radius 2 is 1.24 bits per heavy atom. The molecule has 0 spiro atoms. The predicted octanol–water partition coefficient (Wildman–Crippen LogP) is 7.44. The monoisotopic (exact) mass is 1060 g/mol. The van der Waals surface area contributed by atoms with Gasteiger partial charge in [-0.15, -0.1) is 0 Å². The summed E-state index contributed by atoms with van der Waals surface area (Å²) in [4.78, 5) is 37.6. The van der Waals surface area contributed by atoms with Gasteiger partial charge in [0.2, 0.25) is 0 Å². The van der Waals surface area contributed by atoms with E-state index in [0.29, 0.717) is 94.1 Å². The number of nitrogens with two attached hydrogens (primary N) is 1. The Morgan fingerprint density at radius 3 is 1.82 bits per heavy atom. The van der Waals surface area contributed by atoms with E-state index in [1.165, 1.54) is 0 Å². The molecule has 3 saturated heterocycles. The number of nitrogens with zero attached hydrogens (tertiary/aromatic N) is 13. The summed E-state index contributed by atoms with van der Waals surface area (Å²) in [5, 5.41) is 40.7.